The number of nitrogens with zero attached hydrogens (tertiary/aromatic N) is 2. The molecule has 0 N–H and O–H groups in total. The lowest BCUT2D eigenvalue weighted by Gasteiger charge is -2.10. The molecule has 1 saturated carbocycles. The van der Waals surface area contributed by atoms with Crippen LogP contribution in [0.5, 0.6) is 5.75 Å². The fourth-order valence-electron chi connectivity index (χ4n) is 1.14. The van der Waals surface area contributed by atoms with Gasteiger partial charge in [-0.3, -0.25) is 4.98 Å². The summed E-state index contributed by atoms with van der Waals surface area (Å²) in [5.74, 6) is -0.0349. The summed E-state index contributed by atoms with van der Waals surface area (Å²) in [6.07, 6.45) is -2.06. The SMILES string of the molecule is N#Cc1cnc(C(F)(F)F)cc1OC1CC1. The average Bonchev–Trinajstić information content (AvgIpc) is 3.00. The van der Waals surface area contributed by atoms with Gasteiger partial charge >= 0.3 is 6.18 Å². The van der Waals surface area contributed by atoms with Crippen LogP contribution >= 0.6 is 0 Å². The van der Waals surface area contributed by atoms with E-state index in [9.17, 15) is 13.2 Å². The standard InChI is InChI=1S/C10H7F3N2O/c11-10(12,13)9-3-8(16-7-1-2-7)6(4-14)5-15-9/h3,5,7H,1-2H2. The normalized spacial score (nSPS) is 15.6. The minimum absolute atomic E-state index is 0.0277. The highest BCUT2D eigenvalue weighted by atomic mass is 19.4. The highest BCUT2D eigenvalue weighted by Crippen LogP contribution is 2.33. The molecule has 0 aromatic carbocycles. The van der Waals surface area contributed by atoms with Crippen molar-refractivity contribution in [2.75, 3.05) is 0 Å². The van der Waals surface area contributed by atoms with Crippen LogP contribution in [-0.4, -0.2) is 11.1 Å². The lowest BCUT2D eigenvalue weighted by atomic mass is 10.2. The summed E-state index contributed by atoms with van der Waals surface area (Å²) in [5, 5.41) is 8.69. The van der Waals surface area contributed by atoms with Gasteiger partial charge in [0.05, 0.1) is 6.10 Å². The third-order valence-electron chi connectivity index (χ3n) is 2.09. The molecule has 0 unspecified atom stereocenters. The molecule has 0 saturated heterocycles. The zero-order valence-corrected chi connectivity index (χ0v) is 8.08. The first-order valence-electron chi connectivity index (χ1n) is 4.64. The lowest BCUT2D eigenvalue weighted by molar-refractivity contribution is -0.141. The van der Waals surface area contributed by atoms with Crippen LogP contribution < -0.4 is 4.74 Å². The van der Waals surface area contributed by atoms with Crippen molar-refractivity contribution in [1.29, 1.82) is 5.26 Å². The predicted octanol–water partition coefficient (Wildman–Crippen LogP) is 2.51. The molecular weight excluding hydrogens is 221 g/mol. The van der Waals surface area contributed by atoms with Crippen LogP contribution in [-0.2, 0) is 6.18 Å². The molecule has 0 spiro atoms. The Kier molecular flexibility index (Phi) is 2.46. The lowest BCUT2D eigenvalue weighted by Crippen LogP contribution is -2.09. The Balaban J connectivity index is 2.34. The van der Waals surface area contributed by atoms with Gasteiger partial charge in [-0.25, -0.2) is 0 Å². The number of ether oxygens (including phenoxy) is 1. The van der Waals surface area contributed by atoms with E-state index in [1.807, 2.05) is 0 Å². The molecule has 84 valence electrons. The Morgan fingerprint density at radius 1 is 1.44 bits per heavy atom. The first-order valence-corrected chi connectivity index (χ1v) is 4.64. The van der Waals surface area contributed by atoms with Crippen molar-refractivity contribution >= 4 is 0 Å². The fourth-order valence-corrected chi connectivity index (χ4v) is 1.14. The summed E-state index contributed by atoms with van der Waals surface area (Å²) < 4.78 is 42.3. The highest BCUT2D eigenvalue weighted by Gasteiger charge is 2.34. The number of hydrogen-bond acceptors (Lipinski definition) is 3. The number of rotatable bonds is 2. The smallest absolute Gasteiger partial charge is 0.433 e. The quantitative estimate of drug-likeness (QED) is 0.781. The molecule has 6 heteroatoms. The minimum atomic E-state index is -4.52. The second-order valence-corrected chi connectivity index (χ2v) is 3.49. The molecule has 1 aliphatic carbocycles. The van der Waals surface area contributed by atoms with Crippen molar-refractivity contribution in [2.24, 2.45) is 0 Å². The molecule has 1 aliphatic rings. The molecule has 1 heterocycles. The van der Waals surface area contributed by atoms with Crippen molar-refractivity contribution in [1.82, 2.24) is 4.98 Å². The van der Waals surface area contributed by atoms with Crippen LogP contribution in [0.4, 0.5) is 13.2 Å². The molecule has 16 heavy (non-hydrogen) atoms. The zero-order valence-electron chi connectivity index (χ0n) is 8.08. The van der Waals surface area contributed by atoms with E-state index in [1.54, 1.807) is 6.07 Å². The predicted molar refractivity (Wildman–Crippen MR) is 47.6 cm³/mol. The molecular formula is C10H7F3N2O. The van der Waals surface area contributed by atoms with Crippen molar-refractivity contribution in [3.8, 4) is 11.8 Å². The number of nitriles is 1. The number of hydrogen-bond donors (Lipinski definition) is 0. The summed E-state index contributed by atoms with van der Waals surface area (Å²) >= 11 is 0. The molecule has 0 bridgehead atoms. The highest BCUT2D eigenvalue weighted by molar-refractivity contribution is 5.42. The van der Waals surface area contributed by atoms with Crippen LogP contribution in [0.1, 0.15) is 24.1 Å². The Hall–Kier alpha value is -1.77. The summed E-state index contributed by atoms with van der Waals surface area (Å²) in [5.41, 5.74) is -1.01. The van der Waals surface area contributed by atoms with E-state index < -0.39 is 11.9 Å². The van der Waals surface area contributed by atoms with E-state index in [0.717, 1.165) is 25.1 Å². The monoisotopic (exact) mass is 228 g/mol. The Morgan fingerprint density at radius 3 is 2.62 bits per heavy atom. The molecule has 3 nitrogen and oxygen atoms in total. The first kappa shape index (κ1) is 10.7. The second-order valence-electron chi connectivity index (χ2n) is 3.49. The van der Waals surface area contributed by atoms with Gasteiger partial charge in [0.2, 0.25) is 0 Å². The van der Waals surface area contributed by atoms with Crippen LogP contribution in [0.15, 0.2) is 12.3 Å². The average molecular weight is 228 g/mol. The summed E-state index contributed by atoms with van der Waals surface area (Å²) in [4.78, 5) is 3.18. The molecule has 0 amide bonds. The molecule has 1 aromatic heterocycles. The van der Waals surface area contributed by atoms with Gasteiger partial charge in [0.25, 0.3) is 0 Å². The molecule has 0 aliphatic heterocycles. The topological polar surface area (TPSA) is 45.9 Å². The van der Waals surface area contributed by atoms with E-state index in [1.165, 1.54) is 0 Å². The van der Waals surface area contributed by atoms with Crippen molar-refractivity contribution in [3.05, 3.63) is 23.5 Å². The third kappa shape index (κ3) is 2.24. The van der Waals surface area contributed by atoms with Gasteiger partial charge in [-0.2, -0.15) is 18.4 Å². The maximum absolute atomic E-state index is 12.4. The molecule has 1 fully saturated rings. The fraction of sp³-hybridized carbons (Fsp3) is 0.400. The maximum atomic E-state index is 12.4. The van der Waals surface area contributed by atoms with Crippen LogP contribution in [0, 0.1) is 11.3 Å². The number of aromatic nitrogens is 1. The second kappa shape index (κ2) is 3.67. The van der Waals surface area contributed by atoms with Crippen molar-refractivity contribution < 1.29 is 17.9 Å². The van der Waals surface area contributed by atoms with Crippen molar-refractivity contribution in [2.45, 2.75) is 25.1 Å². The maximum Gasteiger partial charge on any atom is 0.433 e. The Morgan fingerprint density at radius 2 is 2.12 bits per heavy atom. The number of halogens is 3. The summed E-state index contributed by atoms with van der Waals surface area (Å²) in [7, 11) is 0. The van der Waals surface area contributed by atoms with E-state index in [0.29, 0.717) is 0 Å². The molecule has 1 aromatic rings. The van der Waals surface area contributed by atoms with Crippen molar-refractivity contribution in [3.63, 3.8) is 0 Å². The van der Waals surface area contributed by atoms with Gasteiger partial charge in [0.1, 0.15) is 23.1 Å². The third-order valence-corrected chi connectivity index (χ3v) is 2.09. The zero-order chi connectivity index (χ0) is 11.8. The van der Waals surface area contributed by atoms with E-state index in [2.05, 4.69) is 4.98 Å². The summed E-state index contributed by atoms with van der Waals surface area (Å²) in [6.45, 7) is 0. The first-order chi connectivity index (χ1) is 7.50. The summed E-state index contributed by atoms with van der Waals surface area (Å²) in [6, 6.07) is 2.53. The van der Waals surface area contributed by atoms with E-state index in [4.69, 9.17) is 10.00 Å². The molecule has 0 atom stereocenters. The number of alkyl halides is 3. The van der Waals surface area contributed by atoms with Crippen LogP contribution in [0.3, 0.4) is 0 Å². The van der Waals surface area contributed by atoms with Gasteiger partial charge in [-0.15, -0.1) is 0 Å². The molecule has 0 radical (unpaired) electrons. The van der Waals surface area contributed by atoms with Gasteiger partial charge in [0.15, 0.2) is 0 Å². The van der Waals surface area contributed by atoms with Crippen LogP contribution in [0.2, 0.25) is 0 Å². The number of pyridine rings is 1. The van der Waals surface area contributed by atoms with E-state index in [-0.39, 0.29) is 17.4 Å². The van der Waals surface area contributed by atoms with Gasteiger partial charge in [-0.05, 0) is 12.8 Å². The van der Waals surface area contributed by atoms with Crippen LogP contribution in [0.25, 0.3) is 0 Å². The Bertz CT molecular complexity index is 446. The van der Waals surface area contributed by atoms with E-state index >= 15 is 0 Å². The minimum Gasteiger partial charge on any atom is -0.489 e. The molecule has 2 rings (SSSR count). The van der Waals surface area contributed by atoms with Gasteiger partial charge < -0.3 is 4.74 Å². The van der Waals surface area contributed by atoms with Gasteiger partial charge in [-0.1, -0.05) is 0 Å². The van der Waals surface area contributed by atoms with Gasteiger partial charge in [0, 0.05) is 12.3 Å². The Labute approximate surface area is 89.5 Å². The largest absolute Gasteiger partial charge is 0.489 e.